The second-order valence-corrected chi connectivity index (χ2v) is 4.34. The van der Waals surface area contributed by atoms with E-state index in [1.807, 2.05) is 0 Å². The van der Waals surface area contributed by atoms with Gasteiger partial charge in [0.2, 0.25) is 0 Å². The zero-order valence-electron chi connectivity index (χ0n) is 7.37. The van der Waals surface area contributed by atoms with Gasteiger partial charge in [0.15, 0.2) is 0 Å². The molecule has 0 N–H and O–H groups in total. The number of hydrogen-bond donors (Lipinski definition) is 0. The summed E-state index contributed by atoms with van der Waals surface area (Å²) in [5.74, 6) is 1.50. The maximum absolute atomic E-state index is 6.05. The van der Waals surface area contributed by atoms with Gasteiger partial charge in [0, 0.05) is 17.1 Å². The van der Waals surface area contributed by atoms with Gasteiger partial charge < -0.3 is 0 Å². The van der Waals surface area contributed by atoms with E-state index in [9.17, 15) is 0 Å². The van der Waals surface area contributed by atoms with Crippen LogP contribution in [0.1, 0.15) is 38.5 Å². The molecule has 0 amide bonds. The number of halogens is 3. The van der Waals surface area contributed by atoms with Crippen LogP contribution in [0, 0.1) is 0 Å². The fourth-order valence-corrected chi connectivity index (χ4v) is 1.73. The van der Waals surface area contributed by atoms with Gasteiger partial charge in [0.1, 0.15) is 0 Å². The molecule has 0 rings (SSSR count). The number of rotatable bonds is 8. The Labute approximate surface area is 90.6 Å². The highest BCUT2D eigenvalue weighted by atomic mass is 35.5. The lowest BCUT2D eigenvalue weighted by Crippen LogP contribution is -1.98. The van der Waals surface area contributed by atoms with Gasteiger partial charge in [-0.1, -0.05) is 12.8 Å². The lowest BCUT2D eigenvalue weighted by atomic mass is 10.1. The third kappa shape index (κ3) is 8.96. The first-order valence-electron chi connectivity index (χ1n) is 4.57. The molecule has 1 atom stereocenters. The van der Waals surface area contributed by atoms with Gasteiger partial charge in [-0.15, -0.1) is 34.8 Å². The van der Waals surface area contributed by atoms with Crippen LogP contribution in [-0.2, 0) is 0 Å². The largest absolute Gasteiger partial charge is 0.127 e. The average molecular weight is 232 g/mol. The monoisotopic (exact) mass is 230 g/mol. The van der Waals surface area contributed by atoms with Crippen molar-refractivity contribution in [1.29, 1.82) is 0 Å². The molecule has 0 aliphatic carbocycles. The van der Waals surface area contributed by atoms with Gasteiger partial charge in [-0.2, -0.15) is 0 Å². The molecule has 74 valence electrons. The molecule has 12 heavy (non-hydrogen) atoms. The third-order valence-electron chi connectivity index (χ3n) is 1.80. The first kappa shape index (κ1) is 12.9. The van der Waals surface area contributed by atoms with Gasteiger partial charge in [-0.25, -0.2) is 0 Å². The molecule has 0 aromatic rings. The van der Waals surface area contributed by atoms with Crippen LogP contribution >= 0.6 is 34.8 Å². The van der Waals surface area contributed by atoms with Gasteiger partial charge in [0.25, 0.3) is 0 Å². The van der Waals surface area contributed by atoms with E-state index < -0.39 is 0 Å². The van der Waals surface area contributed by atoms with Gasteiger partial charge >= 0.3 is 0 Å². The highest BCUT2D eigenvalue weighted by molar-refractivity contribution is 6.20. The fourth-order valence-electron chi connectivity index (χ4n) is 1.08. The molecular formula is C9H17Cl3. The van der Waals surface area contributed by atoms with Crippen molar-refractivity contribution >= 4 is 34.8 Å². The van der Waals surface area contributed by atoms with E-state index in [4.69, 9.17) is 34.8 Å². The molecule has 0 radical (unpaired) electrons. The summed E-state index contributed by atoms with van der Waals surface area (Å²) < 4.78 is 0. The van der Waals surface area contributed by atoms with Crippen LogP contribution in [0.15, 0.2) is 0 Å². The van der Waals surface area contributed by atoms with Crippen molar-refractivity contribution in [3.8, 4) is 0 Å². The lowest BCUT2D eigenvalue weighted by molar-refractivity contribution is 0.611. The number of hydrogen-bond acceptors (Lipinski definition) is 0. The minimum absolute atomic E-state index is 0.319. The predicted octanol–water partition coefficient (Wildman–Crippen LogP) is 4.41. The minimum Gasteiger partial charge on any atom is -0.127 e. The fraction of sp³-hybridized carbons (Fsp3) is 1.00. The molecule has 0 saturated heterocycles. The van der Waals surface area contributed by atoms with E-state index in [0.717, 1.165) is 37.4 Å². The van der Waals surface area contributed by atoms with Crippen LogP contribution in [0.4, 0.5) is 0 Å². The summed E-state index contributed by atoms with van der Waals surface area (Å²) >= 11 is 17.2. The van der Waals surface area contributed by atoms with E-state index >= 15 is 0 Å². The molecule has 0 aromatic heterocycles. The number of alkyl halides is 3. The van der Waals surface area contributed by atoms with Gasteiger partial charge in [-0.05, 0) is 25.7 Å². The molecule has 3 heteroatoms. The first-order chi connectivity index (χ1) is 5.81. The van der Waals surface area contributed by atoms with E-state index in [1.165, 1.54) is 12.8 Å². The summed E-state index contributed by atoms with van der Waals surface area (Å²) in [6, 6.07) is 0. The maximum atomic E-state index is 6.05. The summed E-state index contributed by atoms with van der Waals surface area (Å²) in [4.78, 5) is 0. The van der Waals surface area contributed by atoms with Crippen molar-refractivity contribution in [2.75, 3.05) is 11.8 Å². The Balaban J connectivity index is 3.02. The summed E-state index contributed by atoms with van der Waals surface area (Å²) in [5, 5.41) is 0.319. The molecule has 0 aliphatic heterocycles. The zero-order chi connectivity index (χ0) is 9.23. The Bertz CT molecular complexity index is 85.8. The Morgan fingerprint density at radius 1 is 0.750 bits per heavy atom. The second kappa shape index (κ2) is 9.95. The predicted molar refractivity (Wildman–Crippen MR) is 58.8 cm³/mol. The highest BCUT2D eigenvalue weighted by Crippen LogP contribution is 2.14. The van der Waals surface area contributed by atoms with Gasteiger partial charge in [0.05, 0.1) is 0 Å². The summed E-state index contributed by atoms with van der Waals surface area (Å²) in [7, 11) is 0. The van der Waals surface area contributed by atoms with E-state index in [-0.39, 0.29) is 0 Å². The maximum Gasteiger partial charge on any atom is 0.0336 e. The van der Waals surface area contributed by atoms with E-state index in [0.29, 0.717) is 5.38 Å². The quantitative estimate of drug-likeness (QED) is 0.429. The molecule has 0 nitrogen and oxygen atoms in total. The molecule has 0 bridgehead atoms. The Morgan fingerprint density at radius 3 is 1.92 bits per heavy atom. The van der Waals surface area contributed by atoms with Crippen molar-refractivity contribution in [2.45, 2.75) is 43.9 Å². The molecule has 0 saturated carbocycles. The van der Waals surface area contributed by atoms with Crippen LogP contribution in [0.5, 0.6) is 0 Å². The van der Waals surface area contributed by atoms with Gasteiger partial charge in [-0.3, -0.25) is 0 Å². The molecular weight excluding hydrogens is 214 g/mol. The van der Waals surface area contributed by atoms with Crippen molar-refractivity contribution in [3.63, 3.8) is 0 Å². The van der Waals surface area contributed by atoms with Crippen molar-refractivity contribution < 1.29 is 0 Å². The summed E-state index contributed by atoms with van der Waals surface area (Å²) in [6.45, 7) is 0. The summed E-state index contributed by atoms with van der Waals surface area (Å²) in [5.41, 5.74) is 0. The van der Waals surface area contributed by atoms with Crippen LogP contribution in [0.25, 0.3) is 0 Å². The average Bonchev–Trinajstić information content (AvgIpc) is 2.09. The molecule has 0 aliphatic rings. The topological polar surface area (TPSA) is 0 Å². The molecule has 0 aromatic carbocycles. The Morgan fingerprint density at radius 2 is 1.33 bits per heavy atom. The third-order valence-corrected chi connectivity index (χ3v) is 2.77. The highest BCUT2D eigenvalue weighted by Gasteiger charge is 2.02. The minimum atomic E-state index is 0.319. The molecule has 0 spiro atoms. The number of unbranched alkanes of at least 4 members (excludes halogenated alkanes) is 2. The normalized spacial score (nSPS) is 13.2. The standard InChI is InChI=1S/C9H17Cl3/c10-7-3-1-2-5-9(12)6-4-8-11/h9H,1-8H2. The van der Waals surface area contributed by atoms with Crippen LogP contribution in [0.3, 0.4) is 0 Å². The van der Waals surface area contributed by atoms with Crippen molar-refractivity contribution in [3.05, 3.63) is 0 Å². The first-order valence-corrected chi connectivity index (χ1v) is 6.07. The Kier molecular flexibility index (Phi) is 10.7. The van der Waals surface area contributed by atoms with E-state index in [2.05, 4.69) is 0 Å². The van der Waals surface area contributed by atoms with Crippen LogP contribution in [0.2, 0.25) is 0 Å². The second-order valence-electron chi connectivity index (χ2n) is 2.97. The lowest BCUT2D eigenvalue weighted by Gasteiger charge is -2.06. The smallest absolute Gasteiger partial charge is 0.0336 e. The van der Waals surface area contributed by atoms with Crippen LogP contribution < -0.4 is 0 Å². The molecule has 0 heterocycles. The SMILES string of the molecule is ClCCCCCC(Cl)CCCCl. The van der Waals surface area contributed by atoms with Crippen molar-refractivity contribution in [1.82, 2.24) is 0 Å². The van der Waals surface area contributed by atoms with Crippen LogP contribution in [-0.4, -0.2) is 17.1 Å². The summed E-state index contributed by atoms with van der Waals surface area (Å²) in [6.07, 6.45) is 6.70. The van der Waals surface area contributed by atoms with E-state index in [1.54, 1.807) is 0 Å². The zero-order valence-corrected chi connectivity index (χ0v) is 9.64. The van der Waals surface area contributed by atoms with Crippen molar-refractivity contribution in [2.24, 2.45) is 0 Å². The molecule has 1 unspecified atom stereocenters. The molecule has 0 fully saturated rings. The Hall–Kier alpha value is 0.870.